The summed E-state index contributed by atoms with van der Waals surface area (Å²) < 4.78 is 0. The fourth-order valence-electron chi connectivity index (χ4n) is 1.15. The maximum Gasteiger partial charge on any atom is 0.315 e. The Balaban J connectivity index is 2.79. The topological polar surface area (TPSA) is 46.3 Å². The third-order valence-corrected chi connectivity index (χ3v) is 2.21. The Kier molecular flexibility index (Phi) is 2.90. The molecule has 3 heteroatoms. The highest BCUT2D eigenvalue weighted by Crippen LogP contribution is 2.17. The number of hydrogen-bond donors (Lipinski definition) is 1. The van der Waals surface area contributed by atoms with Crippen molar-refractivity contribution in [3.8, 4) is 0 Å². The molecule has 0 aliphatic heterocycles. The summed E-state index contributed by atoms with van der Waals surface area (Å²) in [5.41, 5.74) is 6.25. The molecule has 1 atom stereocenters. The molecular weight excluding hydrogens is 164 g/mol. The first kappa shape index (κ1) is 9.58. The van der Waals surface area contributed by atoms with Crippen molar-refractivity contribution in [2.75, 3.05) is 7.05 Å². The molecule has 2 amide bonds. The lowest BCUT2D eigenvalue weighted by atomic mass is 10.1. The van der Waals surface area contributed by atoms with E-state index >= 15 is 0 Å². The van der Waals surface area contributed by atoms with Crippen LogP contribution in [0.2, 0.25) is 0 Å². The molecule has 0 spiro atoms. The second kappa shape index (κ2) is 3.94. The summed E-state index contributed by atoms with van der Waals surface area (Å²) in [5, 5.41) is 0. The minimum Gasteiger partial charge on any atom is -0.351 e. The first-order valence-electron chi connectivity index (χ1n) is 4.20. The van der Waals surface area contributed by atoms with Crippen molar-refractivity contribution in [3.05, 3.63) is 35.9 Å². The quantitative estimate of drug-likeness (QED) is 0.737. The van der Waals surface area contributed by atoms with Crippen LogP contribution in [0.3, 0.4) is 0 Å². The van der Waals surface area contributed by atoms with E-state index < -0.39 is 6.03 Å². The van der Waals surface area contributed by atoms with Gasteiger partial charge in [-0.25, -0.2) is 4.79 Å². The van der Waals surface area contributed by atoms with E-state index in [1.165, 1.54) is 4.90 Å². The van der Waals surface area contributed by atoms with Crippen LogP contribution in [0, 0.1) is 0 Å². The standard InChI is InChI=1S/C10H14N2O/c1-8(12(2)10(11)13)9-6-4-3-5-7-9/h3-8H,1-2H3,(H2,11,13). The summed E-state index contributed by atoms with van der Waals surface area (Å²) >= 11 is 0. The Morgan fingerprint density at radius 3 is 2.38 bits per heavy atom. The third-order valence-electron chi connectivity index (χ3n) is 2.21. The van der Waals surface area contributed by atoms with E-state index in [4.69, 9.17) is 5.73 Å². The molecule has 0 aromatic heterocycles. The zero-order valence-corrected chi connectivity index (χ0v) is 7.90. The van der Waals surface area contributed by atoms with Crippen LogP contribution in [0.25, 0.3) is 0 Å². The summed E-state index contributed by atoms with van der Waals surface area (Å²) in [6.45, 7) is 1.94. The van der Waals surface area contributed by atoms with Gasteiger partial charge < -0.3 is 10.6 Å². The molecule has 0 fully saturated rings. The number of amides is 2. The molecule has 70 valence electrons. The molecule has 1 unspecified atom stereocenters. The van der Waals surface area contributed by atoms with Crippen molar-refractivity contribution in [3.63, 3.8) is 0 Å². The predicted octanol–water partition coefficient (Wildman–Crippen LogP) is 1.76. The molecule has 0 aliphatic rings. The van der Waals surface area contributed by atoms with Crippen molar-refractivity contribution in [2.45, 2.75) is 13.0 Å². The number of carbonyl (C=O) groups excluding carboxylic acids is 1. The van der Waals surface area contributed by atoms with Crippen LogP contribution in [0.15, 0.2) is 30.3 Å². The van der Waals surface area contributed by atoms with Gasteiger partial charge in [0.2, 0.25) is 0 Å². The van der Waals surface area contributed by atoms with Crippen LogP contribution < -0.4 is 5.73 Å². The van der Waals surface area contributed by atoms with Gasteiger partial charge in [-0.05, 0) is 12.5 Å². The van der Waals surface area contributed by atoms with E-state index in [1.807, 2.05) is 37.3 Å². The largest absolute Gasteiger partial charge is 0.351 e. The molecule has 1 aromatic rings. The summed E-state index contributed by atoms with van der Waals surface area (Å²) in [4.78, 5) is 12.4. The Labute approximate surface area is 78.2 Å². The van der Waals surface area contributed by atoms with E-state index in [2.05, 4.69) is 0 Å². The van der Waals surface area contributed by atoms with E-state index in [1.54, 1.807) is 7.05 Å². The molecule has 0 aliphatic carbocycles. The molecule has 0 bridgehead atoms. The third kappa shape index (κ3) is 2.21. The minimum absolute atomic E-state index is 0.0266. The lowest BCUT2D eigenvalue weighted by Gasteiger charge is -2.22. The number of nitrogens with two attached hydrogens (primary N) is 1. The molecule has 0 radical (unpaired) electrons. The van der Waals surface area contributed by atoms with Crippen LogP contribution in [-0.2, 0) is 0 Å². The molecular formula is C10H14N2O. The van der Waals surface area contributed by atoms with Gasteiger partial charge in [0.1, 0.15) is 0 Å². The number of benzene rings is 1. The fraction of sp³-hybridized carbons (Fsp3) is 0.300. The Morgan fingerprint density at radius 2 is 1.92 bits per heavy atom. The first-order chi connectivity index (χ1) is 6.13. The van der Waals surface area contributed by atoms with Crippen molar-refractivity contribution >= 4 is 6.03 Å². The highest BCUT2D eigenvalue weighted by molar-refractivity contribution is 5.72. The van der Waals surface area contributed by atoms with Crippen molar-refractivity contribution in [1.29, 1.82) is 0 Å². The van der Waals surface area contributed by atoms with Gasteiger partial charge >= 0.3 is 6.03 Å². The molecule has 0 saturated carbocycles. The monoisotopic (exact) mass is 178 g/mol. The molecule has 0 heterocycles. The van der Waals surface area contributed by atoms with Gasteiger partial charge in [0.05, 0.1) is 6.04 Å². The van der Waals surface area contributed by atoms with Crippen molar-refractivity contribution < 1.29 is 4.79 Å². The summed E-state index contributed by atoms with van der Waals surface area (Å²) in [7, 11) is 1.69. The van der Waals surface area contributed by atoms with Crippen molar-refractivity contribution in [2.24, 2.45) is 5.73 Å². The van der Waals surface area contributed by atoms with E-state index in [0.717, 1.165) is 5.56 Å². The SMILES string of the molecule is CC(c1ccccc1)N(C)C(N)=O. The van der Waals surface area contributed by atoms with E-state index in [-0.39, 0.29) is 6.04 Å². The van der Waals surface area contributed by atoms with E-state index in [9.17, 15) is 4.79 Å². The van der Waals surface area contributed by atoms with Gasteiger partial charge in [-0.15, -0.1) is 0 Å². The Bertz CT molecular complexity index is 284. The zero-order valence-electron chi connectivity index (χ0n) is 7.90. The maximum atomic E-state index is 10.9. The minimum atomic E-state index is -0.406. The predicted molar refractivity (Wildman–Crippen MR) is 52.2 cm³/mol. The van der Waals surface area contributed by atoms with Gasteiger partial charge in [-0.1, -0.05) is 30.3 Å². The summed E-state index contributed by atoms with van der Waals surface area (Å²) in [6, 6.07) is 9.41. The van der Waals surface area contributed by atoms with Crippen LogP contribution >= 0.6 is 0 Å². The van der Waals surface area contributed by atoms with Crippen LogP contribution in [0.5, 0.6) is 0 Å². The Morgan fingerprint density at radius 1 is 1.38 bits per heavy atom. The number of rotatable bonds is 2. The Hall–Kier alpha value is -1.51. The van der Waals surface area contributed by atoms with Crippen LogP contribution in [0.1, 0.15) is 18.5 Å². The van der Waals surface area contributed by atoms with Gasteiger partial charge in [0.25, 0.3) is 0 Å². The van der Waals surface area contributed by atoms with Gasteiger partial charge in [0, 0.05) is 7.05 Å². The number of carbonyl (C=O) groups is 1. The number of urea groups is 1. The maximum absolute atomic E-state index is 10.9. The lowest BCUT2D eigenvalue weighted by Crippen LogP contribution is -2.34. The second-order valence-corrected chi connectivity index (χ2v) is 3.04. The number of primary amides is 1. The molecule has 1 rings (SSSR count). The normalized spacial score (nSPS) is 12.2. The van der Waals surface area contributed by atoms with Gasteiger partial charge in [-0.3, -0.25) is 0 Å². The fourth-order valence-corrected chi connectivity index (χ4v) is 1.15. The number of nitrogens with zero attached hydrogens (tertiary/aromatic N) is 1. The first-order valence-corrected chi connectivity index (χ1v) is 4.20. The lowest BCUT2D eigenvalue weighted by molar-refractivity contribution is 0.204. The van der Waals surface area contributed by atoms with E-state index in [0.29, 0.717) is 0 Å². The summed E-state index contributed by atoms with van der Waals surface area (Å²) in [5.74, 6) is 0. The number of hydrogen-bond acceptors (Lipinski definition) is 1. The average molecular weight is 178 g/mol. The molecule has 1 aromatic carbocycles. The molecule has 2 N–H and O–H groups in total. The molecule has 0 saturated heterocycles. The average Bonchev–Trinajstić information content (AvgIpc) is 2.17. The van der Waals surface area contributed by atoms with Gasteiger partial charge in [-0.2, -0.15) is 0 Å². The molecule has 3 nitrogen and oxygen atoms in total. The van der Waals surface area contributed by atoms with Crippen molar-refractivity contribution in [1.82, 2.24) is 4.90 Å². The highest BCUT2D eigenvalue weighted by Gasteiger charge is 2.13. The van der Waals surface area contributed by atoms with Crippen LogP contribution in [0.4, 0.5) is 4.79 Å². The molecule has 13 heavy (non-hydrogen) atoms. The summed E-state index contributed by atoms with van der Waals surface area (Å²) in [6.07, 6.45) is 0. The van der Waals surface area contributed by atoms with Gasteiger partial charge in [0.15, 0.2) is 0 Å². The zero-order chi connectivity index (χ0) is 9.84. The highest BCUT2D eigenvalue weighted by atomic mass is 16.2. The van der Waals surface area contributed by atoms with Crippen LogP contribution in [-0.4, -0.2) is 18.0 Å². The second-order valence-electron chi connectivity index (χ2n) is 3.04. The smallest absolute Gasteiger partial charge is 0.315 e.